The first-order valence-electron chi connectivity index (χ1n) is 8.63. The van der Waals surface area contributed by atoms with Crippen molar-refractivity contribution in [3.05, 3.63) is 40.6 Å². The van der Waals surface area contributed by atoms with Gasteiger partial charge in [-0.3, -0.25) is 14.4 Å². The second-order valence-electron chi connectivity index (χ2n) is 6.67. The van der Waals surface area contributed by atoms with E-state index in [0.717, 1.165) is 11.1 Å². The van der Waals surface area contributed by atoms with E-state index in [9.17, 15) is 14.4 Å². The number of ether oxygens (including phenoxy) is 1. The molecule has 2 atom stereocenters. The Bertz CT molecular complexity index is 896. The van der Waals surface area contributed by atoms with Crippen molar-refractivity contribution in [2.75, 3.05) is 25.6 Å². The lowest BCUT2D eigenvalue weighted by Crippen LogP contribution is -2.41. The normalized spacial score (nSPS) is 21.3. The zero-order chi connectivity index (χ0) is 19.0. The number of fused-ring (bicyclic) bond motifs is 2. The van der Waals surface area contributed by atoms with Crippen molar-refractivity contribution in [3.63, 3.8) is 0 Å². The number of carbonyl (C=O) groups excluding carboxylic acids is 3. The van der Waals surface area contributed by atoms with Crippen LogP contribution in [0.2, 0.25) is 0 Å². The van der Waals surface area contributed by atoms with Crippen LogP contribution >= 0.6 is 11.3 Å². The zero-order valence-electron chi connectivity index (χ0n) is 14.7. The minimum atomic E-state index is -0.595. The van der Waals surface area contributed by atoms with Gasteiger partial charge in [0.1, 0.15) is 12.6 Å². The number of nitrogens with one attached hydrogen (secondary N) is 2. The lowest BCUT2D eigenvalue weighted by molar-refractivity contribution is -0.125. The van der Waals surface area contributed by atoms with Gasteiger partial charge in [0.25, 0.3) is 5.91 Å². The van der Waals surface area contributed by atoms with Crippen LogP contribution in [0.25, 0.3) is 11.1 Å². The lowest BCUT2D eigenvalue weighted by Gasteiger charge is -2.20. The summed E-state index contributed by atoms with van der Waals surface area (Å²) in [4.78, 5) is 39.1. The molecule has 2 unspecified atom stereocenters. The summed E-state index contributed by atoms with van der Waals surface area (Å²) in [5, 5.41) is 9.67. The van der Waals surface area contributed by atoms with Crippen LogP contribution in [0.5, 0.6) is 0 Å². The number of benzene rings is 1. The highest BCUT2D eigenvalue weighted by Gasteiger charge is 2.43. The van der Waals surface area contributed by atoms with Crippen LogP contribution in [0.3, 0.4) is 0 Å². The van der Waals surface area contributed by atoms with Crippen LogP contribution < -0.4 is 10.6 Å². The molecule has 0 bridgehead atoms. The minimum absolute atomic E-state index is 0.0475. The molecule has 2 aliphatic heterocycles. The molecule has 140 valence electrons. The Labute approximate surface area is 160 Å². The fourth-order valence-corrected chi connectivity index (χ4v) is 4.29. The summed E-state index contributed by atoms with van der Waals surface area (Å²) in [6.07, 6.45) is 0.387. The third-order valence-electron chi connectivity index (χ3n) is 4.87. The van der Waals surface area contributed by atoms with Gasteiger partial charge in [0.05, 0.1) is 11.3 Å². The zero-order valence-corrected chi connectivity index (χ0v) is 15.5. The summed E-state index contributed by atoms with van der Waals surface area (Å²) in [5.41, 5.74) is 2.96. The van der Waals surface area contributed by atoms with Gasteiger partial charge in [-0.15, -0.1) is 0 Å². The Morgan fingerprint density at radius 2 is 2.19 bits per heavy atom. The van der Waals surface area contributed by atoms with Crippen molar-refractivity contribution in [1.82, 2.24) is 10.2 Å². The third kappa shape index (κ3) is 3.33. The second kappa shape index (κ2) is 7.13. The van der Waals surface area contributed by atoms with E-state index < -0.39 is 6.04 Å². The quantitative estimate of drug-likeness (QED) is 0.839. The maximum atomic E-state index is 13.1. The fraction of sp³-hybridized carbons (Fsp3) is 0.316. The molecular weight excluding hydrogens is 366 g/mol. The second-order valence-corrected chi connectivity index (χ2v) is 7.45. The molecule has 27 heavy (non-hydrogen) atoms. The van der Waals surface area contributed by atoms with Gasteiger partial charge in [-0.2, -0.15) is 11.3 Å². The largest absolute Gasteiger partial charge is 0.375 e. The molecule has 7 nitrogen and oxygen atoms in total. The van der Waals surface area contributed by atoms with Crippen molar-refractivity contribution in [2.24, 2.45) is 0 Å². The molecule has 2 N–H and O–H groups in total. The summed E-state index contributed by atoms with van der Waals surface area (Å²) in [7, 11) is 1.45. The predicted molar refractivity (Wildman–Crippen MR) is 102 cm³/mol. The van der Waals surface area contributed by atoms with Crippen molar-refractivity contribution in [2.45, 2.75) is 18.5 Å². The predicted octanol–water partition coefficient (Wildman–Crippen LogP) is 1.71. The van der Waals surface area contributed by atoms with Crippen molar-refractivity contribution < 1.29 is 19.1 Å². The van der Waals surface area contributed by atoms with E-state index in [2.05, 4.69) is 10.6 Å². The van der Waals surface area contributed by atoms with Gasteiger partial charge in [0.2, 0.25) is 11.8 Å². The number of rotatable bonds is 4. The van der Waals surface area contributed by atoms with Crippen LogP contribution in [0.4, 0.5) is 5.69 Å². The van der Waals surface area contributed by atoms with Gasteiger partial charge in [0.15, 0.2) is 0 Å². The number of nitrogens with zero attached hydrogens (tertiary/aromatic N) is 1. The average molecular weight is 385 g/mol. The highest BCUT2D eigenvalue weighted by atomic mass is 32.1. The summed E-state index contributed by atoms with van der Waals surface area (Å²) >= 11 is 1.59. The summed E-state index contributed by atoms with van der Waals surface area (Å²) in [6, 6.07) is 6.62. The fourth-order valence-electron chi connectivity index (χ4n) is 3.62. The van der Waals surface area contributed by atoms with Gasteiger partial charge in [-0.1, -0.05) is 6.07 Å². The van der Waals surface area contributed by atoms with E-state index in [1.54, 1.807) is 22.3 Å². The van der Waals surface area contributed by atoms with E-state index in [4.69, 9.17) is 4.74 Å². The molecule has 1 aromatic heterocycles. The highest BCUT2D eigenvalue weighted by Crippen LogP contribution is 2.32. The maximum Gasteiger partial charge on any atom is 0.256 e. The van der Waals surface area contributed by atoms with Crippen molar-refractivity contribution >= 4 is 34.7 Å². The molecule has 0 aliphatic carbocycles. The molecule has 1 saturated heterocycles. The molecule has 2 aromatic rings. The van der Waals surface area contributed by atoms with E-state index in [1.807, 2.05) is 29.0 Å². The third-order valence-corrected chi connectivity index (χ3v) is 5.55. The molecule has 3 amide bonds. The average Bonchev–Trinajstić information content (AvgIpc) is 3.30. The molecule has 2 aliphatic rings. The summed E-state index contributed by atoms with van der Waals surface area (Å²) in [5.74, 6) is -0.684. The SMILES string of the molecule is COCC(=O)NC1CC2C(=O)Nc3ccc(-c4ccsc4)cc3C(=O)N2C1. The summed E-state index contributed by atoms with van der Waals surface area (Å²) < 4.78 is 4.82. The molecular formula is C19H19N3O4S. The molecule has 1 fully saturated rings. The van der Waals surface area contributed by atoms with Gasteiger partial charge in [0, 0.05) is 19.7 Å². The number of amides is 3. The highest BCUT2D eigenvalue weighted by molar-refractivity contribution is 7.08. The van der Waals surface area contributed by atoms with Crippen molar-refractivity contribution in [3.8, 4) is 11.1 Å². The molecule has 8 heteroatoms. The topological polar surface area (TPSA) is 87.7 Å². The molecule has 0 saturated carbocycles. The Morgan fingerprint density at radius 1 is 1.33 bits per heavy atom. The standard InChI is InChI=1S/C19H19N3O4S/c1-26-9-17(23)20-13-7-16-18(24)21-15-3-2-11(12-4-5-27-10-12)6-14(15)19(25)22(16)8-13/h2-6,10,13,16H,7-9H2,1H3,(H,20,23)(H,21,24). The van der Waals surface area contributed by atoms with Crippen molar-refractivity contribution in [1.29, 1.82) is 0 Å². The first-order chi connectivity index (χ1) is 13.1. The van der Waals surface area contributed by atoms with Gasteiger partial charge < -0.3 is 20.3 Å². The van der Waals surface area contributed by atoms with Crippen LogP contribution in [-0.2, 0) is 14.3 Å². The van der Waals surface area contributed by atoms with Gasteiger partial charge >= 0.3 is 0 Å². The first kappa shape index (κ1) is 17.7. The molecule has 4 rings (SSSR count). The monoisotopic (exact) mass is 385 g/mol. The Morgan fingerprint density at radius 3 is 2.93 bits per heavy atom. The number of methoxy groups -OCH3 is 1. The molecule has 0 spiro atoms. The van der Waals surface area contributed by atoms with Crippen LogP contribution in [0.1, 0.15) is 16.8 Å². The Balaban J connectivity index is 1.61. The number of hydrogen-bond donors (Lipinski definition) is 2. The maximum absolute atomic E-state index is 13.1. The van der Waals surface area contributed by atoms with Gasteiger partial charge in [-0.05, 0) is 46.5 Å². The number of thiophene rings is 1. The molecule has 1 aromatic carbocycles. The summed E-state index contributed by atoms with van der Waals surface area (Å²) in [6.45, 7) is 0.253. The number of anilines is 1. The van der Waals surface area contributed by atoms with Crippen LogP contribution in [0.15, 0.2) is 35.0 Å². The van der Waals surface area contributed by atoms with Crippen LogP contribution in [0, 0.1) is 0 Å². The smallest absolute Gasteiger partial charge is 0.256 e. The Hall–Kier alpha value is -2.71. The first-order valence-corrected chi connectivity index (χ1v) is 9.58. The van der Waals surface area contributed by atoms with E-state index >= 15 is 0 Å². The van der Waals surface area contributed by atoms with E-state index in [-0.39, 0.29) is 30.4 Å². The molecule has 3 heterocycles. The van der Waals surface area contributed by atoms with Gasteiger partial charge in [-0.25, -0.2) is 0 Å². The van der Waals surface area contributed by atoms with E-state index in [0.29, 0.717) is 24.2 Å². The number of carbonyl (C=O) groups is 3. The lowest BCUT2D eigenvalue weighted by atomic mass is 10.0. The minimum Gasteiger partial charge on any atom is -0.375 e. The van der Waals surface area contributed by atoms with E-state index in [1.165, 1.54) is 7.11 Å². The Kier molecular flexibility index (Phi) is 4.67. The van der Waals surface area contributed by atoms with Crippen LogP contribution in [-0.4, -0.2) is 55.0 Å². The number of hydrogen-bond acceptors (Lipinski definition) is 5. The molecule has 0 radical (unpaired) electrons.